The molecule has 5 heteroatoms. The van der Waals surface area contributed by atoms with Gasteiger partial charge in [0.2, 0.25) is 0 Å². The molecule has 1 saturated carbocycles. The third-order valence-electron chi connectivity index (χ3n) is 2.96. The van der Waals surface area contributed by atoms with Crippen LogP contribution in [0.2, 0.25) is 0 Å². The van der Waals surface area contributed by atoms with E-state index in [0.717, 1.165) is 23.0 Å². The molecular formula is C14H17BrN2O2. The van der Waals surface area contributed by atoms with E-state index in [1.54, 1.807) is 0 Å². The second-order valence-corrected chi connectivity index (χ2v) is 5.35. The first-order valence-electron chi connectivity index (χ1n) is 6.47. The molecule has 4 nitrogen and oxygen atoms in total. The average Bonchev–Trinajstić information content (AvgIpc) is 2.45. The summed E-state index contributed by atoms with van der Waals surface area (Å²) in [6.45, 7) is -0.0284. The number of para-hydroxylation sites is 1. The monoisotopic (exact) mass is 324 g/mol. The Morgan fingerprint density at radius 2 is 2.00 bits per heavy atom. The van der Waals surface area contributed by atoms with Crippen molar-refractivity contribution in [1.29, 1.82) is 0 Å². The van der Waals surface area contributed by atoms with Crippen LogP contribution in [0.1, 0.15) is 32.1 Å². The van der Waals surface area contributed by atoms with Gasteiger partial charge >= 0.3 is 0 Å². The molecule has 1 N–H and O–H groups in total. The molecule has 0 unspecified atom stereocenters. The van der Waals surface area contributed by atoms with Gasteiger partial charge in [-0.25, -0.2) is 5.43 Å². The van der Waals surface area contributed by atoms with Crippen molar-refractivity contribution in [3.8, 4) is 5.75 Å². The Kier molecular flexibility index (Phi) is 5.39. The molecule has 0 aromatic heterocycles. The van der Waals surface area contributed by atoms with Crippen molar-refractivity contribution in [2.75, 3.05) is 6.61 Å². The zero-order chi connectivity index (χ0) is 13.5. The molecular weight excluding hydrogens is 308 g/mol. The van der Waals surface area contributed by atoms with E-state index in [2.05, 4.69) is 26.5 Å². The molecule has 0 spiro atoms. The van der Waals surface area contributed by atoms with E-state index in [4.69, 9.17) is 4.74 Å². The van der Waals surface area contributed by atoms with E-state index < -0.39 is 0 Å². The minimum absolute atomic E-state index is 0.0284. The number of nitrogens with one attached hydrogen (secondary N) is 1. The fourth-order valence-electron chi connectivity index (χ4n) is 1.95. The third-order valence-corrected chi connectivity index (χ3v) is 3.62. The number of ether oxygens (including phenoxy) is 1. The fraction of sp³-hybridized carbons (Fsp3) is 0.429. The molecule has 2 rings (SSSR count). The Morgan fingerprint density at radius 1 is 1.26 bits per heavy atom. The predicted octanol–water partition coefficient (Wildman–Crippen LogP) is 3.26. The van der Waals surface area contributed by atoms with E-state index in [1.165, 1.54) is 19.3 Å². The zero-order valence-electron chi connectivity index (χ0n) is 10.7. The Bertz CT molecular complexity index is 466. The number of hydrogen-bond donors (Lipinski definition) is 1. The topological polar surface area (TPSA) is 50.7 Å². The summed E-state index contributed by atoms with van der Waals surface area (Å²) in [5, 5.41) is 4.14. The molecule has 1 aromatic carbocycles. The van der Waals surface area contributed by atoms with Crippen LogP contribution in [0.5, 0.6) is 5.75 Å². The Morgan fingerprint density at radius 3 is 2.74 bits per heavy atom. The molecule has 0 aliphatic heterocycles. The quantitative estimate of drug-likeness (QED) is 0.864. The number of benzene rings is 1. The molecule has 1 amide bonds. The van der Waals surface area contributed by atoms with Crippen molar-refractivity contribution in [3.63, 3.8) is 0 Å². The number of halogens is 1. The SMILES string of the molecule is O=C(COc1ccccc1Br)NN=C1CCCCC1. The van der Waals surface area contributed by atoms with E-state index in [0.29, 0.717) is 5.75 Å². The standard InChI is InChI=1S/C14H17BrN2O2/c15-12-8-4-5-9-13(12)19-10-14(18)17-16-11-6-2-1-3-7-11/h4-5,8-9H,1-3,6-7,10H2,(H,17,18). The van der Waals surface area contributed by atoms with Crippen molar-refractivity contribution in [1.82, 2.24) is 5.43 Å². The molecule has 102 valence electrons. The maximum absolute atomic E-state index is 11.6. The summed E-state index contributed by atoms with van der Waals surface area (Å²) in [6.07, 6.45) is 5.58. The van der Waals surface area contributed by atoms with Crippen molar-refractivity contribution in [2.24, 2.45) is 5.10 Å². The smallest absolute Gasteiger partial charge is 0.277 e. The number of rotatable bonds is 4. The first kappa shape index (κ1) is 14.1. The maximum atomic E-state index is 11.6. The summed E-state index contributed by atoms with van der Waals surface area (Å²) >= 11 is 3.36. The van der Waals surface area contributed by atoms with Gasteiger partial charge in [0.15, 0.2) is 6.61 Å². The highest BCUT2D eigenvalue weighted by Crippen LogP contribution is 2.23. The number of carbonyl (C=O) groups excluding carboxylic acids is 1. The van der Waals surface area contributed by atoms with Crippen molar-refractivity contribution in [3.05, 3.63) is 28.7 Å². The van der Waals surface area contributed by atoms with E-state index >= 15 is 0 Å². The third kappa shape index (κ3) is 4.67. The Labute approximate surface area is 121 Å². The van der Waals surface area contributed by atoms with Crippen molar-refractivity contribution in [2.45, 2.75) is 32.1 Å². The average molecular weight is 325 g/mol. The molecule has 1 aliphatic carbocycles. The molecule has 0 bridgehead atoms. The van der Waals surface area contributed by atoms with Gasteiger partial charge in [0.05, 0.1) is 4.47 Å². The zero-order valence-corrected chi connectivity index (χ0v) is 12.3. The van der Waals surface area contributed by atoms with E-state index in [-0.39, 0.29) is 12.5 Å². The molecule has 0 atom stereocenters. The summed E-state index contributed by atoms with van der Waals surface area (Å²) < 4.78 is 6.24. The largest absolute Gasteiger partial charge is 0.483 e. The van der Waals surface area contributed by atoms with Crippen LogP contribution in [-0.4, -0.2) is 18.2 Å². The predicted molar refractivity (Wildman–Crippen MR) is 78.3 cm³/mol. The van der Waals surface area contributed by atoms with Crippen LogP contribution < -0.4 is 10.2 Å². The van der Waals surface area contributed by atoms with E-state index in [1.807, 2.05) is 24.3 Å². The molecule has 0 radical (unpaired) electrons. The van der Waals surface area contributed by atoms with Crippen LogP contribution in [-0.2, 0) is 4.79 Å². The normalized spacial score (nSPS) is 14.9. The van der Waals surface area contributed by atoms with Crippen LogP contribution in [0, 0.1) is 0 Å². The Balaban J connectivity index is 1.77. The van der Waals surface area contributed by atoms with Crippen LogP contribution in [0.3, 0.4) is 0 Å². The fourth-order valence-corrected chi connectivity index (χ4v) is 2.35. The van der Waals surface area contributed by atoms with Gasteiger partial charge in [-0.2, -0.15) is 5.10 Å². The highest BCUT2D eigenvalue weighted by Gasteiger charge is 2.08. The highest BCUT2D eigenvalue weighted by molar-refractivity contribution is 9.10. The van der Waals surface area contributed by atoms with Crippen LogP contribution in [0.25, 0.3) is 0 Å². The molecule has 1 aromatic rings. The molecule has 0 heterocycles. The number of hydrogen-bond acceptors (Lipinski definition) is 3. The highest BCUT2D eigenvalue weighted by atomic mass is 79.9. The first-order valence-corrected chi connectivity index (χ1v) is 7.26. The lowest BCUT2D eigenvalue weighted by Crippen LogP contribution is -2.26. The van der Waals surface area contributed by atoms with Gasteiger partial charge < -0.3 is 4.74 Å². The minimum Gasteiger partial charge on any atom is -0.483 e. The van der Waals surface area contributed by atoms with Crippen LogP contribution in [0.4, 0.5) is 0 Å². The summed E-state index contributed by atoms with van der Waals surface area (Å²) in [5.41, 5.74) is 3.63. The summed E-state index contributed by atoms with van der Waals surface area (Å²) in [7, 11) is 0. The lowest BCUT2D eigenvalue weighted by molar-refractivity contribution is -0.123. The van der Waals surface area contributed by atoms with Gasteiger partial charge in [-0.1, -0.05) is 18.6 Å². The number of amides is 1. The summed E-state index contributed by atoms with van der Waals surface area (Å²) in [4.78, 5) is 11.6. The van der Waals surface area contributed by atoms with Crippen LogP contribution >= 0.6 is 15.9 Å². The second-order valence-electron chi connectivity index (χ2n) is 4.49. The number of hydrazone groups is 1. The first-order chi connectivity index (χ1) is 9.25. The lowest BCUT2D eigenvalue weighted by atomic mass is 9.99. The number of nitrogens with zero attached hydrogens (tertiary/aromatic N) is 1. The summed E-state index contributed by atoms with van der Waals surface area (Å²) in [6, 6.07) is 7.44. The van der Waals surface area contributed by atoms with Crippen molar-refractivity contribution < 1.29 is 9.53 Å². The van der Waals surface area contributed by atoms with Gasteiger partial charge in [0.1, 0.15) is 5.75 Å². The van der Waals surface area contributed by atoms with Gasteiger partial charge in [-0.15, -0.1) is 0 Å². The Hall–Kier alpha value is -1.36. The van der Waals surface area contributed by atoms with Gasteiger partial charge in [0, 0.05) is 5.71 Å². The van der Waals surface area contributed by atoms with E-state index in [9.17, 15) is 4.79 Å². The van der Waals surface area contributed by atoms with Gasteiger partial charge in [-0.3, -0.25) is 4.79 Å². The van der Waals surface area contributed by atoms with Crippen LogP contribution in [0.15, 0.2) is 33.8 Å². The number of carbonyl (C=O) groups is 1. The molecule has 0 saturated heterocycles. The molecule has 1 aliphatic rings. The van der Waals surface area contributed by atoms with Gasteiger partial charge in [-0.05, 0) is 53.7 Å². The lowest BCUT2D eigenvalue weighted by Gasteiger charge is -2.12. The van der Waals surface area contributed by atoms with Gasteiger partial charge in [0.25, 0.3) is 5.91 Å². The second kappa shape index (κ2) is 7.28. The molecule has 19 heavy (non-hydrogen) atoms. The maximum Gasteiger partial charge on any atom is 0.277 e. The molecule has 1 fully saturated rings. The van der Waals surface area contributed by atoms with Crippen molar-refractivity contribution >= 4 is 27.5 Å². The minimum atomic E-state index is -0.228. The summed E-state index contributed by atoms with van der Waals surface area (Å²) in [5.74, 6) is 0.428.